The molecule has 3 N–H and O–H groups in total. The zero-order valence-electron chi connectivity index (χ0n) is 32.9. The van der Waals surface area contributed by atoms with Crippen LogP contribution in [0.5, 0.6) is 5.75 Å². The van der Waals surface area contributed by atoms with E-state index in [0.717, 1.165) is 49.8 Å². The molecule has 15 nitrogen and oxygen atoms in total. The summed E-state index contributed by atoms with van der Waals surface area (Å²) in [5.41, 5.74) is 6.53. The van der Waals surface area contributed by atoms with Crippen molar-refractivity contribution in [3.05, 3.63) is 117 Å². The molecule has 5 aromatic rings. The Balaban J connectivity index is 0.784. The highest BCUT2D eigenvalue weighted by Gasteiger charge is 2.45. The van der Waals surface area contributed by atoms with Crippen molar-refractivity contribution in [3.8, 4) is 17.0 Å². The van der Waals surface area contributed by atoms with Gasteiger partial charge in [-0.15, -0.1) is 11.3 Å². The van der Waals surface area contributed by atoms with Crippen LogP contribution in [0.25, 0.3) is 11.3 Å². The van der Waals surface area contributed by atoms with Crippen LogP contribution >= 0.6 is 11.3 Å². The van der Waals surface area contributed by atoms with E-state index in [9.17, 15) is 28.8 Å². The Labute approximate surface area is 349 Å². The molecule has 16 heteroatoms. The van der Waals surface area contributed by atoms with Crippen LogP contribution in [0.4, 0.5) is 16.5 Å². The summed E-state index contributed by atoms with van der Waals surface area (Å²) in [5, 5.41) is 8.79. The highest BCUT2D eigenvalue weighted by Crippen LogP contribution is 2.37. The van der Waals surface area contributed by atoms with E-state index >= 15 is 0 Å². The predicted octanol–water partition coefficient (Wildman–Crippen LogP) is 5.11. The molecule has 1 atom stereocenters. The first-order valence-corrected chi connectivity index (χ1v) is 20.4. The van der Waals surface area contributed by atoms with Crippen molar-refractivity contribution in [2.24, 2.45) is 0 Å². The number of rotatable bonds is 14. The van der Waals surface area contributed by atoms with Gasteiger partial charge >= 0.3 is 0 Å². The summed E-state index contributed by atoms with van der Waals surface area (Å²) in [6.07, 6.45) is 2.61. The van der Waals surface area contributed by atoms with E-state index in [1.54, 1.807) is 41.4 Å². The van der Waals surface area contributed by atoms with Gasteiger partial charge in [0.2, 0.25) is 17.7 Å². The fraction of sp³-hybridized carbons (Fsp3) is 0.273. The molecular weight excluding hydrogens is 787 g/mol. The third kappa shape index (κ3) is 8.24. The number of ether oxygens (including phenoxy) is 2. The van der Waals surface area contributed by atoms with Crippen LogP contribution in [0.3, 0.4) is 0 Å². The SMILES string of the molecule is Cc1cccnc1C(=O)N1CCc2cc(-c3nc(NC(=O)Cc4cccc(OCCOCCNc5cccc6c5C(=O)N(C5CCC(=O)NC5=O)C6=O)c4)sc3C)ccc21. The average Bonchev–Trinajstić information content (AvgIpc) is 3.90. The first-order valence-electron chi connectivity index (χ1n) is 19.6. The van der Waals surface area contributed by atoms with Crippen molar-refractivity contribution in [3.63, 3.8) is 0 Å². The number of benzene rings is 3. The molecule has 3 aromatic carbocycles. The second-order valence-corrected chi connectivity index (χ2v) is 15.8. The number of nitrogens with one attached hydrogen (secondary N) is 3. The van der Waals surface area contributed by atoms with Crippen LogP contribution in [-0.4, -0.2) is 89.3 Å². The van der Waals surface area contributed by atoms with Gasteiger partial charge in [-0.05, 0) is 85.8 Å². The van der Waals surface area contributed by atoms with Crippen LogP contribution in [-0.2, 0) is 32.0 Å². The van der Waals surface area contributed by atoms with Gasteiger partial charge in [-0.3, -0.25) is 44.0 Å². The van der Waals surface area contributed by atoms with Crippen LogP contribution in [0.1, 0.15) is 65.6 Å². The van der Waals surface area contributed by atoms with Crippen LogP contribution in [0.15, 0.2) is 79.0 Å². The normalized spacial score (nSPS) is 15.8. The molecule has 2 aromatic heterocycles. The maximum atomic E-state index is 13.3. The third-order valence-corrected chi connectivity index (χ3v) is 11.4. The zero-order valence-corrected chi connectivity index (χ0v) is 33.7. The summed E-state index contributed by atoms with van der Waals surface area (Å²) in [7, 11) is 0. The topological polar surface area (TPSA) is 189 Å². The average molecular weight is 828 g/mol. The molecule has 1 saturated heterocycles. The predicted molar refractivity (Wildman–Crippen MR) is 223 cm³/mol. The molecular formula is C44H41N7O8S. The van der Waals surface area contributed by atoms with Gasteiger partial charge in [-0.25, -0.2) is 4.98 Å². The summed E-state index contributed by atoms with van der Waals surface area (Å²) in [6.45, 7) is 5.58. The lowest BCUT2D eigenvalue weighted by atomic mass is 10.0. The molecule has 0 spiro atoms. The Morgan fingerprint density at radius 2 is 1.78 bits per heavy atom. The Morgan fingerprint density at radius 3 is 2.62 bits per heavy atom. The standard InChI is InChI=1S/C44H41N7O8S/c1-25-6-5-16-46-38(25)43(57)50-18-15-28-24-29(11-12-33(28)50)39-26(2)60-44(49-39)48-36(53)23-27-7-3-8-30(22-27)59-21-20-58-19-17-45-32-10-4-9-31-37(32)42(56)51(41(31)55)34-13-14-35(52)47-40(34)54/h3-12,16,22,24,34,45H,13-15,17-21,23H2,1-2H3,(H,47,52,54)(H,48,49,53). The molecule has 8 rings (SSSR count). The minimum absolute atomic E-state index is 0.0485. The summed E-state index contributed by atoms with van der Waals surface area (Å²) < 4.78 is 11.6. The second-order valence-electron chi connectivity index (χ2n) is 14.6. The molecule has 5 heterocycles. The van der Waals surface area contributed by atoms with Gasteiger partial charge in [0.1, 0.15) is 24.1 Å². The van der Waals surface area contributed by atoms with E-state index < -0.39 is 29.7 Å². The molecule has 0 bridgehead atoms. The molecule has 3 aliphatic heterocycles. The highest BCUT2D eigenvalue weighted by atomic mass is 32.1. The van der Waals surface area contributed by atoms with Gasteiger partial charge < -0.3 is 25.0 Å². The number of hydrogen-bond donors (Lipinski definition) is 3. The van der Waals surface area contributed by atoms with E-state index in [1.807, 2.05) is 50.2 Å². The second kappa shape index (κ2) is 17.2. The lowest BCUT2D eigenvalue weighted by Crippen LogP contribution is -2.54. The highest BCUT2D eigenvalue weighted by molar-refractivity contribution is 7.16. The van der Waals surface area contributed by atoms with E-state index in [1.165, 1.54) is 11.3 Å². The van der Waals surface area contributed by atoms with E-state index in [2.05, 4.69) is 27.0 Å². The van der Waals surface area contributed by atoms with Crippen molar-refractivity contribution < 1.29 is 38.2 Å². The zero-order chi connectivity index (χ0) is 41.9. The molecule has 1 unspecified atom stereocenters. The number of thiazole rings is 1. The first kappa shape index (κ1) is 40.0. The number of aryl methyl sites for hydroxylation is 2. The summed E-state index contributed by atoms with van der Waals surface area (Å²) in [6, 6.07) is 20.8. The molecule has 0 radical (unpaired) electrons. The summed E-state index contributed by atoms with van der Waals surface area (Å²) in [4.78, 5) is 89.5. The van der Waals surface area contributed by atoms with Crippen LogP contribution < -0.4 is 25.6 Å². The Bertz CT molecular complexity index is 2560. The van der Waals surface area contributed by atoms with Crippen LogP contribution in [0, 0.1) is 13.8 Å². The lowest BCUT2D eigenvalue weighted by Gasteiger charge is -2.27. The minimum atomic E-state index is -1.04. The van der Waals surface area contributed by atoms with Gasteiger partial charge in [0.25, 0.3) is 17.7 Å². The van der Waals surface area contributed by atoms with E-state index in [-0.39, 0.29) is 62.0 Å². The maximum absolute atomic E-state index is 13.3. The minimum Gasteiger partial charge on any atom is -0.491 e. The smallest absolute Gasteiger partial charge is 0.277 e. The summed E-state index contributed by atoms with van der Waals surface area (Å²) >= 11 is 1.41. The fourth-order valence-corrected chi connectivity index (χ4v) is 8.50. The maximum Gasteiger partial charge on any atom is 0.277 e. The fourth-order valence-electron chi connectivity index (χ4n) is 7.65. The quantitative estimate of drug-likeness (QED) is 0.0997. The van der Waals surface area contributed by atoms with Crippen molar-refractivity contribution in [1.82, 2.24) is 20.2 Å². The first-order chi connectivity index (χ1) is 29.0. The number of carbonyl (C=O) groups excluding carboxylic acids is 6. The Morgan fingerprint density at radius 1 is 0.933 bits per heavy atom. The molecule has 6 amide bonds. The number of piperidine rings is 1. The Hall–Kier alpha value is -6.78. The van der Waals surface area contributed by atoms with Crippen molar-refractivity contribution >= 4 is 63.3 Å². The number of hydrogen-bond acceptors (Lipinski definition) is 12. The lowest BCUT2D eigenvalue weighted by molar-refractivity contribution is -0.136. The number of carbonyl (C=O) groups is 6. The van der Waals surface area contributed by atoms with Crippen molar-refractivity contribution in [2.75, 3.05) is 48.4 Å². The number of nitrogens with zero attached hydrogens (tertiary/aromatic N) is 4. The van der Waals surface area contributed by atoms with Gasteiger partial charge in [-0.1, -0.05) is 30.3 Å². The number of aromatic nitrogens is 2. The molecule has 0 aliphatic carbocycles. The molecule has 1 fully saturated rings. The summed E-state index contributed by atoms with van der Waals surface area (Å²) in [5.74, 6) is -1.97. The van der Waals surface area contributed by atoms with Crippen molar-refractivity contribution in [2.45, 2.75) is 45.6 Å². The number of anilines is 3. The van der Waals surface area contributed by atoms with Crippen LogP contribution in [0.2, 0.25) is 0 Å². The van der Waals surface area contributed by atoms with Gasteiger partial charge in [0, 0.05) is 47.5 Å². The number of imide groups is 2. The number of amides is 6. The molecule has 3 aliphatic rings. The molecule has 60 heavy (non-hydrogen) atoms. The Kier molecular flexibility index (Phi) is 11.5. The van der Waals surface area contributed by atoms with Crippen molar-refractivity contribution in [1.29, 1.82) is 0 Å². The van der Waals surface area contributed by atoms with Gasteiger partial charge in [-0.2, -0.15) is 0 Å². The molecule has 0 saturated carbocycles. The van der Waals surface area contributed by atoms with E-state index in [0.29, 0.717) is 35.4 Å². The number of fused-ring (bicyclic) bond motifs is 2. The number of pyridine rings is 1. The van der Waals surface area contributed by atoms with Gasteiger partial charge in [0.05, 0.1) is 36.5 Å². The largest absolute Gasteiger partial charge is 0.491 e. The van der Waals surface area contributed by atoms with Gasteiger partial charge in [0.15, 0.2) is 5.13 Å². The van der Waals surface area contributed by atoms with E-state index in [4.69, 9.17) is 14.5 Å². The monoisotopic (exact) mass is 827 g/mol. The molecule has 306 valence electrons. The third-order valence-electron chi connectivity index (χ3n) is 10.5.